The quantitative estimate of drug-likeness (QED) is 0.871. The van der Waals surface area contributed by atoms with Crippen LogP contribution in [0.1, 0.15) is 22.4 Å². The molecule has 18 heavy (non-hydrogen) atoms. The molecule has 0 fully saturated rings. The van der Waals surface area contributed by atoms with E-state index in [0.717, 1.165) is 28.5 Å². The number of hydrogen-bond donors (Lipinski definition) is 1. The van der Waals surface area contributed by atoms with Crippen LogP contribution in [-0.2, 0) is 19.4 Å². The van der Waals surface area contributed by atoms with Crippen molar-refractivity contribution < 1.29 is 4.74 Å². The fraction of sp³-hybridized carbons (Fsp3) is 0.357. The number of thiazole rings is 1. The van der Waals surface area contributed by atoms with E-state index in [1.807, 2.05) is 18.3 Å². The lowest BCUT2D eigenvalue weighted by molar-refractivity contribution is 0.321. The van der Waals surface area contributed by atoms with Crippen molar-refractivity contribution in [1.82, 2.24) is 4.98 Å². The van der Waals surface area contributed by atoms with Crippen molar-refractivity contribution in [1.29, 1.82) is 0 Å². The molecule has 1 aromatic heterocycles. The summed E-state index contributed by atoms with van der Waals surface area (Å²) in [6.07, 6.45) is 3.71. The maximum atomic E-state index is 5.73. The van der Waals surface area contributed by atoms with Crippen molar-refractivity contribution in [2.45, 2.75) is 26.3 Å². The van der Waals surface area contributed by atoms with Gasteiger partial charge in [0.1, 0.15) is 5.75 Å². The van der Waals surface area contributed by atoms with E-state index in [1.54, 1.807) is 11.3 Å². The van der Waals surface area contributed by atoms with E-state index >= 15 is 0 Å². The third-order valence-electron chi connectivity index (χ3n) is 2.69. The van der Waals surface area contributed by atoms with Crippen LogP contribution in [0.5, 0.6) is 5.75 Å². The SMILES string of the molecule is CCc1cccc(OCCc2ncc(CN)s2)c1. The number of benzene rings is 1. The summed E-state index contributed by atoms with van der Waals surface area (Å²) in [5.41, 5.74) is 6.85. The maximum absolute atomic E-state index is 5.73. The molecule has 0 atom stereocenters. The first kappa shape index (κ1) is 13.1. The van der Waals surface area contributed by atoms with Crippen LogP contribution in [0.2, 0.25) is 0 Å². The van der Waals surface area contributed by atoms with Crippen LogP contribution in [0, 0.1) is 0 Å². The molecule has 0 aliphatic heterocycles. The Hall–Kier alpha value is -1.39. The average Bonchev–Trinajstić information content (AvgIpc) is 2.87. The number of rotatable bonds is 6. The first-order valence-electron chi connectivity index (χ1n) is 6.17. The highest BCUT2D eigenvalue weighted by atomic mass is 32.1. The predicted molar refractivity (Wildman–Crippen MR) is 75.0 cm³/mol. The summed E-state index contributed by atoms with van der Waals surface area (Å²) in [7, 11) is 0. The average molecular weight is 262 g/mol. The number of nitrogens with two attached hydrogens (primary N) is 1. The molecule has 2 N–H and O–H groups in total. The molecule has 0 amide bonds. The predicted octanol–water partition coefficient (Wildman–Crippen LogP) is 2.79. The van der Waals surface area contributed by atoms with Crippen molar-refractivity contribution in [3.05, 3.63) is 45.9 Å². The zero-order valence-electron chi connectivity index (χ0n) is 10.6. The van der Waals surface area contributed by atoms with Crippen molar-refractivity contribution in [3.63, 3.8) is 0 Å². The van der Waals surface area contributed by atoms with E-state index in [1.165, 1.54) is 5.56 Å². The van der Waals surface area contributed by atoms with Crippen LogP contribution in [0.15, 0.2) is 30.5 Å². The molecular formula is C14H18N2OS. The molecule has 0 saturated heterocycles. The van der Waals surface area contributed by atoms with E-state index in [0.29, 0.717) is 13.2 Å². The second-order valence-corrected chi connectivity index (χ2v) is 5.22. The number of aromatic nitrogens is 1. The standard InChI is InChI=1S/C14H18N2OS/c1-2-11-4-3-5-12(8-11)17-7-6-14-16-10-13(9-15)18-14/h3-5,8,10H,2,6-7,9,15H2,1H3. The van der Waals surface area contributed by atoms with Crippen LogP contribution < -0.4 is 10.5 Å². The molecule has 0 saturated carbocycles. The largest absolute Gasteiger partial charge is 0.493 e. The maximum Gasteiger partial charge on any atom is 0.119 e. The highest BCUT2D eigenvalue weighted by Gasteiger charge is 2.01. The summed E-state index contributed by atoms with van der Waals surface area (Å²) >= 11 is 1.66. The molecule has 0 aliphatic rings. The van der Waals surface area contributed by atoms with Gasteiger partial charge in [0.2, 0.25) is 0 Å². The molecule has 2 aromatic rings. The fourth-order valence-corrected chi connectivity index (χ4v) is 2.45. The van der Waals surface area contributed by atoms with E-state index in [-0.39, 0.29) is 0 Å². The van der Waals surface area contributed by atoms with Crippen LogP contribution in [0.25, 0.3) is 0 Å². The summed E-state index contributed by atoms with van der Waals surface area (Å²) in [6.45, 7) is 3.37. The Labute approximate surface area is 112 Å². The van der Waals surface area contributed by atoms with Gasteiger partial charge in [0.05, 0.1) is 11.6 Å². The topological polar surface area (TPSA) is 48.1 Å². The van der Waals surface area contributed by atoms with E-state index in [9.17, 15) is 0 Å². The molecule has 1 heterocycles. The molecule has 3 nitrogen and oxygen atoms in total. The van der Waals surface area contributed by atoms with Gasteiger partial charge in [0, 0.05) is 24.0 Å². The Kier molecular flexibility index (Phi) is 4.73. The van der Waals surface area contributed by atoms with Gasteiger partial charge in [-0.15, -0.1) is 11.3 Å². The van der Waals surface area contributed by atoms with Gasteiger partial charge < -0.3 is 10.5 Å². The van der Waals surface area contributed by atoms with Crippen LogP contribution in [0.4, 0.5) is 0 Å². The van der Waals surface area contributed by atoms with Gasteiger partial charge in [0.15, 0.2) is 0 Å². The second-order valence-electron chi connectivity index (χ2n) is 4.02. The molecule has 0 radical (unpaired) electrons. The minimum absolute atomic E-state index is 0.567. The molecule has 0 bridgehead atoms. The van der Waals surface area contributed by atoms with Crippen molar-refractivity contribution in [2.24, 2.45) is 5.73 Å². The lowest BCUT2D eigenvalue weighted by Crippen LogP contribution is -2.01. The van der Waals surface area contributed by atoms with Crippen molar-refractivity contribution in [3.8, 4) is 5.75 Å². The van der Waals surface area contributed by atoms with Crippen LogP contribution >= 0.6 is 11.3 Å². The van der Waals surface area contributed by atoms with Gasteiger partial charge in [-0.05, 0) is 24.1 Å². The molecule has 0 spiro atoms. The van der Waals surface area contributed by atoms with Gasteiger partial charge in [-0.1, -0.05) is 19.1 Å². The van der Waals surface area contributed by atoms with Gasteiger partial charge >= 0.3 is 0 Å². The molecule has 1 aromatic carbocycles. The number of aryl methyl sites for hydroxylation is 1. The van der Waals surface area contributed by atoms with E-state index in [4.69, 9.17) is 10.5 Å². The second kappa shape index (κ2) is 6.52. The van der Waals surface area contributed by atoms with Gasteiger partial charge in [-0.2, -0.15) is 0 Å². The van der Waals surface area contributed by atoms with E-state index < -0.39 is 0 Å². The number of ether oxygens (including phenoxy) is 1. The molecule has 0 unspecified atom stereocenters. The normalized spacial score (nSPS) is 10.6. The van der Waals surface area contributed by atoms with Crippen molar-refractivity contribution >= 4 is 11.3 Å². The minimum Gasteiger partial charge on any atom is -0.493 e. The highest BCUT2D eigenvalue weighted by Crippen LogP contribution is 2.16. The molecule has 4 heteroatoms. The molecular weight excluding hydrogens is 244 g/mol. The minimum atomic E-state index is 0.567. The van der Waals surface area contributed by atoms with Crippen molar-refractivity contribution in [2.75, 3.05) is 6.61 Å². The molecule has 96 valence electrons. The monoisotopic (exact) mass is 262 g/mol. The van der Waals surface area contributed by atoms with Gasteiger partial charge in [-0.3, -0.25) is 0 Å². The Bertz CT molecular complexity index is 496. The smallest absolute Gasteiger partial charge is 0.119 e. The van der Waals surface area contributed by atoms with E-state index in [2.05, 4.69) is 24.0 Å². The summed E-state index contributed by atoms with van der Waals surface area (Å²) < 4.78 is 5.73. The Morgan fingerprint density at radius 1 is 1.39 bits per heavy atom. The summed E-state index contributed by atoms with van der Waals surface area (Å²) in [6, 6.07) is 8.23. The van der Waals surface area contributed by atoms with Crippen LogP contribution in [-0.4, -0.2) is 11.6 Å². The third kappa shape index (κ3) is 3.55. The summed E-state index contributed by atoms with van der Waals surface area (Å²) in [5.74, 6) is 0.935. The van der Waals surface area contributed by atoms with Crippen LogP contribution in [0.3, 0.4) is 0 Å². The summed E-state index contributed by atoms with van der Waals surface area (Å²) in [5, 5.41) is 1.09. The lowest BCUT2D eigenvalue weighted by atomic mass is 10.2. The number of nitrogens with zero attached hydrogens (tertiary/aromatic N) is 1. The number of hydrogen-bond acceptors (Lipinski definition) is 4. The summed E-state index contributed by atoms with van der Waals surface area (Å²) in [4.78, 5) is 5.43. The third-order valence-corrected chi connectivity index (χ3v) is 3.77. The van der Waals surface area contributed by atoms with Gasteiger partial charge in [0.25, 0.3) is 0 Å². The zero-order chi connectivity index (χ0) is 12.8. The Morgan fingerprint density at radius 3 is 3.00 bits per heavy atom. The fourth-order valence-electron chi connectivity index (χ4n) is 1.67. The first-order valence-corrected chi connectivity index (χ1v) is 6.99. The molecule has 0 aliphatic carbocycles. The zero-order valence-corrected chi connectivity index (χ0v) is 11.4. The lowest BCUT2D eigenvalue weighted by Gasteiger charge is -2.06. The first-order chi connectivity index (χ1) is 8.81. The Balaban J connectivity index is 1.84. The molecule has 2 rings (SSSR count). The van der Waals surface area contributed by atoms with Gasteiger partial charge in [-0.25, -0.2) is 4.98 Å². The Morgan fingerprint density at radius 2 is 2.28 bits per heavy atom. The highest BCUT2D eigenvalue weighted by molar-refractivity contribution is 7.11.